The summed E-state index contributed by atoms with van der Waals surface area (Å²) in [5, 5.41) is 40.8. The number of esters is 2. The molecule has 316 valence electrons. The van der Waals surface area contributed by atoms with Crippen LogP contribution in [-0.2, 0) is 23.8 Å². The Morgan fingerprint density at radius 3 is 1.63 bits per heavy atom. The van der Waals surface area contributed by atoms with Crippen molar-refractivity contribution in [2.24, 2.45) is 5.92 Å². The molecule has 1 rings (SSSR count). The Morgan fingerprint density at radius 2 is 1.11 bits per heavy atom. The van der Waals surface area contributed by atoms with Crippen LogP contribution in [0.3, 0.4) is 0 Å². The average molecular weight is 767 g/mol. The van der Waals surface area contributed by atoms with E-state index in [4.69, 9.17) is 14.2 Å². The zero-order valence-corrected chi connectivity index (χ0v) is 34.5. The van der Waals surface area contributed by atoms with Crippen molar-refractivity contribution in [1.29, 1.82) is 0 Å². The predicted octanol–water partition coefficient (Wildman–Crippen LogP) is 9.95. The number of allylic oxidation sites excluding steroid dienone is 2. The maximum atomic E-state index is 12.1. The second-order valence-electron chi connectivity index (χ2n) is 15.7. The van der Waals surface area contributed by atoms with Crippen molar-refractivity contribution in [3.63, 3.8) is 0 Å². The summed E-state index contributed by atoms with van der Waals surface area (Å²) in [6, 6.07) is 0. The lowest BCUT2D eigenvalue weighted by molar-refractivity contribution is -0.199. The molecule has 0 bridgehead atoms. The van der Waals surface area contributed by atoms with E-state index in [1.807, 2.05) is 12.2 Å². The van der Waals surface area contributed by atoms with Crippen LogP contribution in [-0.4, -0.2) is 76.3 Å². The number of aliphatic hydroxyl groups is 4. The van der Waals surface area contributed by atoms with Gasteiger partial charge < -0.3 is 34.6 Å². The number of unbranched alkanes of at least 4 members (excludes halogenated alkanes) is 21. The molecule has 1 aliphatic rings. The van der Waals surface area contributed by atoms with Gasteiger partial charge in [0.05, 0.1) is 18.3 Å². The molecule has 9 nitrogen and oxygen atoms in total. The van der Waals surface area contributed by atoms with E-state index in [0.717, 1.165) is 38.5 Å². The van der Waals surface area contributed by atoms with E-state index < -0.39 is 36.7 Å². The number of hydrogen-bond donors (Lipinski definition) is 4. The molecule has 1 unspecified atom stereocenters. The van der Waals surface area contributed by atoms with Gasteiger partial charge in [-0.15, -0.1) is 0 Å². The molecular formula is C45H82O9. The SMILES string of the molecule is CCCCCCCCCCCCCCCCCCCCCC(=O)OC[C@@H](O)COC(=O)CCC/C=C\C[C@H]1[C@@H](O)CC(O)O[C@@H]1/C=C/[C@@H](O)CCCCC. The molecule has 0 aromatic rings. The van der Waals surface area contributed by atoms with Gasteiger partial charge >= 0.3 is 11.9 Å². The molecule has 0 saturated carbocycles. The molecule has 0 aliphatic carbocycles. The fraction of sp³-hybridized carbons (Fsp3) is 0.867. The Hall–Kier alpha value is -1.78. The zero-order chi connectivity index (χ0) is 39.5. The first kappa shape index (κ1) is 50.2. The Bertz CT molecular complexity index is 938. The van der Waals surface area contributed by atoms with Gasteiger partial charge in [-0.2, -0.15) is 0 Å². The van der Waals surface area contributed by atoms with E-state index in [9.17, 15) is 30.0 Å². The second kappa shape index (κ2) is 35.6. The zero-order valence-electron chi connectivity index (χ0n) is 34.5. The van der Waals surface area contributed by atoms with Gasteiger partial charge in [-0.25, -0.2) is 0 Å². The van der Waals surface area contributed by atoms with Crippen LogP contribution in [0.5, 0.6) is 0 Å². The first-order valence-corrected chi connectivity index (χ1v) is 22.3. The third-order valence-corrected chi connectivity index (χ3v) is 10.5. The van der Waals surface area contributed by atoms with Crippen LogP contribution in [0.25, 0.3) is 0 Å². The first-order chi connectivity index (χ1) is 26.3. The van der Waals surface area contributed by atoms with Gasteiger partial charge in [-0.05, 0) is 32.1 Å². The van der Waals surface area contributed by atoms with Crippen LogP contribution < -0.4 is 0 Å². The minimum absolute atomic E-state index is 0.137. The highest BCUT2D eigenvalue weighted by molar-refractivity contribution is 5.69. The molecular weight excluding hydrogens is 684 g/mol. The van der Waals surface area contributed by atoms with E-state index in [0.29, 0.717) is 32.1 Å². The van der Waals surface area contributed by atoms with Gasteiger partial charge in [0, 0.05) is 25.2 Å². The Morgan fingerprint density at radius 1 is 0.648 bits per heavy atom. The Kier molecular flexibility index (Phi) is 33.1. The molecule has 1 aliphatic heterocycles. The van der Waals surface area contributed by atoms with E-state index >= 15 is 0 Å². The standard InChI is InChI=1S/C45H82O9/c1-3-5-7-8-9-10-11-12-13-14-15-16-17-18-19-20-21-22-27-31-43(49)52-36-39(47)37-53-44(50)32-28-24-23-26-30-40-41(48)35-45(51)54-42(40)34-33-38(46)29-25-6-4-2/h23,26,33-34,38-42,45-48,51H,3-22,24-25,27-32,35-37H2,1-2H3/b26-23-,34-33+/t38-,39+,40-,41-,42+,45?/m0/s1. The number of hydrogen-bond acceptors (Lipinski definition) is 9. The fourth-order valence-electron chi connectivity index (χ4n) is 7.01. The summed E-state index contributed by atoms with van der Waals surface area (Å²) < 4.78 is 16.0. The van der Waals surface area contributed by atoms with E-state index in [-0.39, 0.29) is 37.9 Å². The van der Waals surface area contributed by atoms with Crippen molar-refractivity contribution in [2.75, 3.05) is 13.2 Å². The molecule has 1 saturated heterocycles. The van der Waals surface area contributed by atoms with Crippen molar-refractivity contribution in [1.82, 2.24) is 0 Å². The molecule has 0 radical (unpaired) electrons. The van der Waals surface area contributed by atoms with Gasteiger partial charge in [-0.1, -0.05) is 173 Å². The number of rotatable bonds is 36. The normalized spacial score (nSPS) is 20.1. The lowest BCUT2D eigenvalue weighted by Gasteiger charge is -2.36. The summed E-state index contributed by atoms with van der Waals surface area (Å²) in [6.45, 7) is 3.99. The van der Waals surface area contributed by atoms with Gasteiger partial charge in [0.1, 0.15) is 19.3 Å². The molecule has 54 heavy (non-hydrogen) atoms. The number of aliphatic hydroxyl groups excluding tert-OH is 4. The minimum atomic E-state index is -1.05. The Balaban J connectivity index is 2.01. The van der Waals surface area contributed by atoms with Gasteiger partial charge in [0.25, 0.3) is 0 Å². The summed E-state index contributed by atoms with van der Waals surface area (Å²) in [5.41, 5.74) is 0. The van der Waals surface area contributed by atoms with Crippen LogP contribution in [0.4, 0.5) is 0 Å². The van der Waals surface area contributed by atoms with Crippen molar-refractivity contribution in [2.45, 2.75) is 231 Å². The quantitative estimate of drug-likeness (QED) is 0.0278. The summed E-state index contributed by atoms with van der Waals surface area (Å²) in [5.74, 6) is -1.00. The topological polar surface area (TPSA) is 143 Å². The molecule has 4 N–H and O–H groups in total. The van der Waals surface area contributed by atoms with E-state index in [1.54, 1.807) is 12.2 Å². The molecule has 0 aromatic carbocycles. The van der Waals surface area contributed by atoms with Gasteiger partial charge in [-0.3, -0.25) is 9.59 Å². The van der Waals surface area contributed by atoms with Crippen LogP contribution in [0.15, 0.2) is 24.3 Å². The molecule has 0 spiro atoms. The summed E-state index contributed by atoms with van der Waals surface area (Å²) in [4.78, 5) is 24.2. The number of ether oxygens (including phenoxy) is 3. The van der Waals surface area contributed by atoms with Crippen LogP contribution >= 0.6 is 0 Å². The molecule has 9 heteroatoms. The van der Waals surface area contributed by atoms with Crippen molar-refractivity contribution >= 4 is 11.9 Å². The van der Waals surface area contributed by atoms with Gasteiger partial charge in [0.2, 0.25) is 0 Å². The van der Waals surface area contributed by atoms with Crippen molar-refractivity contribution in [3.8, 4) is 0 Å². The van der Waals surface area contributed by atoms with E-state index in [1.165, 1.54) is 103 Å². The summed E-state index contributed by atoms with van der Waals surface area (Å²) in [6.07, 6.45) is 34.4. The monoisotopic (exact) mass is 767 g/mol. The van der Waals surface area contributed by atoms with Crippen molar-refractivity contribution < 1.29 is 44.2 Å². The third-order valence-electron chi connectivity index (χ3n) is 10.5. The second-order valence-corrected chi connectivity index (χ2v) is 15.7. The predicted molar refractivity (Wildman–Crippen MR) is 218 cm³/mol. The smallest absolute Gasteiger partial charge is 0.305 e. The minimum Gasteiger partial charge on any atom is -0.463 e. The molecule has 6 atom stereocenters. The number of carbonyl (C=O) groups excluding carboxylic acids is 2. The maximum Gasteiger partial charge on any atom is 0.305 e. The van der Waals surface area contributed by atoms with Crippen molar-refractivity contribution in [3.05, 3.63) is 24.3 Å². The highest BCUT2D eigenvalue weighted by atomic mass is 16.6. The summed E-state index contributed by atoms with van der Waals surface area (Å²) in [7, 11) is 0. The Labute approximate surface area is 329 Å². The first-order valence-electron chi connectivity index (χ1n) is 22.3. The van der Waals surface area contributed by atoms with E-state index in [2.05, 4.69) is 13.8 Å². The van der Waals surface area contributed by atoms with Gasteiger partial charge in [0.15, 0.2) is 6.29 Å². The van der Waals surface area contributed by atoms with Crippen LogP contribution in [0, 0.1) is 5.92 Å². The third kappa shape index (κ3) is 29.5. The van der Waals surface area contributed by atoms with Crippen LogP contribution in [0.1, 0.15) is 200 Å². The largest absolute Gasteiger partial charge is 0.463 e. The lowest BCUT2D eigenvalue weighted by Crippen LogP contribution is -2.43. The average Bonchev–Trinajstić information content (AvgIpc) is 3.15. The molecule has 1 heterocycles. The fourth-order valence-corrected chi connectivity index (χ4v) is 7.01. The molecule has 0 aromatic heterocycles. The number of carbonyl (C=O) groups is 2. The maximum absolute atomic E-state index is 12.1. The highest BCUT2D eigenvalue weighted by Gasteiger charge is 2.35. The van der Waals surface area contributed by atoms with Crippen LogP contribution in [0.2, 0.25) is 0 Å². The lowest BCUT2D eigenvalue weighted by atomic mass is 9.87. The molecule has 1 fully saturated rings. The molecule has 0 amide bonds. The highest BCUT2D eigenvalue weighted by Crippen LogP contribution is 2.29. The summed E-state index contributed by atoms with van der Waals surface area (Å²) >= 11 is 0.